The number of nitrogens with zero attached hydrogens (tertiary/aromatic N) is 1. The van der Waals surface area contributed by atoms with E-state index in [0.29, 0.717) is 5.52 Å². The van der Waals surface area contributed by atoms with Gasteiger partial charge in [-0.25, -0.2) is 4.79 Å². The second-order valence-electron chi connectivity index (χ2n) is 2.62. The lowest BCUT2D eigenvalue weighted by atomic mass is 10.3. The first-order valence-corrected chi connectivity index (χ1v) is 3.61. The standard InChI is InChI=1S/C8H6N2O3/c11-7-6-3-5(8(12)13)4-10(6)2-1-9-7/h1-4H,(H,9,11)(H,12,13). The number of carbonyl (C=O) groups is 1. The maximum Gasteiger partial charge on any atom is 0.337 e. The number of carboxylic acids is 1. The van der Waals surface area contributed by atoms with Crippen LogP contribution in [0, 0.1) is 0 Å². The van der Waals surface area contributed by atoms with Crippen LogP contribution in [0.2, 0.25) is 0 Å². The predicted molar refractivity (Wildman–Crippen MR) is 45.0 cm³/mol. The highest BCUT2D eigenvalue weighted by Gasteiger charge is 2.07. The van der Waals surface area contributed by atoms with Gasteiger partial charge in [-0.2, -0.15) is 0 Å². The monoisotopic (exact) mass is 178 g/mol. The molecular formula is C8H6N2O3. The Balaban J connectivity index is 2.83. The quantitative estimate of drug-likeness (QED) is 0.660. The van der Waals surface area contributed by atoms with Crippen molar-refractivity contribution >= 4 is 11.5 Å². The zero-order chi connectivity index (χ0) is 9.42. The van der Waals surface area contributed by atoms with E-state index in [-0.39, 0.29) is 11.1 Å². The summed E-state index contributed by atoms with van der Waals surface area (Å²) < 4.78 is 1.47. The zero-order valence-corrected chi connectivity index (χ0v) is 6.52. The molecule has 5 heteroatoms. The summed E-state index contributed by atoms with van der Waals surface area (Å²) in [4.78, 5) is 24.2. The van der Waals surface area contributed by atoms with Crippen LogP contribution in [0.5, 0.6) is 0 Å². The number of aromatic carboxylic acids is 1. The van der Waals surface area contributed by atoms with Crippen molar-refractivity contribution in [3.05, 3.63) is 40.6 Å². The van der Waals surface area contributed by atoms with Gasteiger partial charge in [0.05, 0.1) is 5.56 Å². The molecule has 5 nitrogen and oxygen atoms in total. The minimum Gasteiger partial charge on any atom is -0.478 e. The molecule has 0 aliphatic rings. The van der Waals surface area contributed by atoms with Gasteiger partial charge >= 0.3 is 5.97 Å². The minimum absolute atomic E-state index is 0.108. The highest BCUT2D eigenvalue weighted by molar-refractivity contribution is 5.89. The molecule has 0 saturated heterocycles. The molecule has 0 aliphatic heterocycles. The summed E-state index contributed by atoms with van der Waals surface area (Å²) in [7, 11) is 0. The Hall–Kier alpha value is -2.04. The van der Waals surface area contributed by atoms with Gasteiger partial charge < -0.3 is 14.5 Å². The SMILES string of the molecule is O=C(O)c1cc2c(=O)[nH]ccn2c1. The van der Waals surface area contributed by atoms with Crippen LogP contribution >= 0.6 is 0 Å². The molecule has 2 aromatic rings. The third-order valence-corrected chi connectivity index (χ3v) is 1.78. The molecule has 2 heterocycles. The first kappa shape index (κ1) is 7.60. The molecule has 2 aromatic heterocycles. The van der Waals surface area contributed by atoms with Gasteiger partial charge in [-0.3, -0.25) is 4.79 Å². The molecule has 0 amide bonds. The van der Waals surface area contributed by atoms with Crippen LogP contribution in [-0.4, -0.2) is 20.5 Å². The van der Waals surface area contributed by atoms with Crippen molar-refractivity contribution in [1.29, 1.82) is 0 Å². The maximum atomic E-state index is 11.1. The van der Waals surface area contributed by atoms with Crippen molar-refractivity contribution < 1.29 is 9.90 Å². The first-order valence-electron chi connectivity index (χ1n) is 3.61. The zero-order valence-electron chi connectivity index (χ0n) is 6.52. The predicted octanol–water partition coefficient (Wildman–Crippen LogP) is 0.326. The van der Waals surface area contributed by atoms with Crippen LogP contribution < -0.4 is 5.56 Å². The molecule has 0 fully saturated rings. The van der Waals surface area contributed by atoms with Crippen LogP contribution in [0.15, 0.2) is 29.5 Å². The molecule has 0 aromatic carbocycles. The van der Waals surface area contributed by atoms with Gasteiger partial charge in [0, 0.05) is 18.6 Å². The average molecular weight is 178 g/mol. The van der Waals surface area contributed by atoms with Crippen LogP contribution in [0.3, 0.4) is 0 Å². The van der Waals surface area contributed by atoms with E-state index in [1.165, 1.54) is 22.9 Å². The van der Waals surface area contributed by atoms with Crippen LogP contribution in [-0.2, 0) is 0 Å². The number of nitrogens with one attached hydrogen (secondary N) is 1. The second-order valence-corrected chi connectivity index (χ2v) is 2.62. The summed E-state index contributed by atoms with van der Waals surface area (Å²) in [5.41, 5.74) is 0.145. The van der Waals surface area contributed by atoms with Crippen LogP contribution in [0.25, 0.3) is 5.52 Å². The van der Waals surface area contributed by atoms with E-state index < -0.39 is 5.97 Å². The fourth-order valence-corrected chi connectivity index (χ4v) is 1.17. The summed E-state index contributed by atoms with van der Waals surface area (Å²) in [6.07, 6.45) is 4.44. The van der Waals surface area contributed by atoms with E-state index in [0.717, 1.165) is 0 Å². The largest absolute Gasteiger partial charge is 0.478 e. The number of H-pyrrole nitrogens is 1. The Morgan fingerprint density at radius 2 is 2.31 bits per heavy atom. The highest BCUT2D eigenvalue weighted by Crippen LogP contribution is 2.04. The van der Waals surface area contributed by atoms with Gasteiger partial charge in [0.25, 0.3) is 5.56 Å². The van der Waals surface area contributed by atoms with Crippen molar-refractivity contribution in [2.45, 2.75) is 0 Å². The van der Waals surface area contributed by atoms with E-state index in [1.807, 2.05) is 0 Å². The summed E-state index contributed by atoms with van der Waals surface area (Å²) in [5, 5.41) is 8.65. The summed E-state index contributed by atoms with van der Waals surface area (Å²) in [6.45, 7) is 0. The van der Waals surface area contributed by atoms with E-state index in [1.54, 1.807) is 6.20 Å². The summed E-state index contributed by atoms with van der Waals surface area (Å²) in [5.74, 6) is -1.04. The van der Waals surface area contributed by atoms with Crippen molar-refractivity contribution in [1.82, 2.24) is 9.38 Å². The Morgan fingerprint density at radius 3 is 2.92 bits per heavy atom. The molecule has 0 unspecified atom stereocenters. The molecule has 0 spiro atoms. The summed E-state index contributed by atoms with van der Waals surface area (Å²) in [6, 6.07) is 1.33. The molecule has 0 saturated carbocycles. The van der Waals surface area contributed by atoms with E-state index in [9.17, 15) is 9.59 Å². The average Bonchev–Trinajstić information content (AvgIpc) is 2.49. The minimum atomic E-state index is -1.04. The molecule has 0 aliphatic carbocycles. The van der Waals surface area contributed by atoms with Gasteiger partial charge in [-0.15, -0.1) is 0 Å². The Bertz CT molecular complexity index is 523. The van der Waals surface area contributed by atoms with Gasteiger partial charge in [0.1, 0.15) is 5.52 Å². The van der Waals surface area contributed by atoms with E-state index in [2.05, 4.69) is 4.98 Å². The van der Waals surface area contributed by atoms with Crippen molar-refractivity contribution in [2.75, 3.05) is 0 Å². The number of carboxylic acid groups (broad SMARTS) is 1. The molecule has 13 heavy (non-hydrogen) atoms. The number of hydrogen-bond acceptors (Lipinski definition) is 2. The maximum absolute atomic E-state index is 11.1. The lowest BCUT2D eigenvalue weighted by Gasteiger charge is -1.88. The van der Waals surface area contributed by atoms with Gasteiger partial charge in [0.2, 0.25) is 0 Å². The fraction of sp³-hybridized carbons (Fsp3) is 0. The fourth-order valence-electron chi connectivity index (χ4n) is 1.17. The van der Waals surface area contributed by atoms with Crippen molar-refractivity contribution in [3.8, 4) is 0 Å². The van der Waals surface area contributed by atoms with E-state index >= 15 is 0 Å². The normalized spacial score (nSPS) is 10.5. The van der Waals surface area contributed by atoms with Gasteiger partial charge in [-0.1, -0.05) is 0 Å². The topological polar surface area (TPSA) is 74.6 Å². The lowest BCUT2D eigenvalue weighted by molar-refractivity contribution is 0.0697. The Kier molecular flexibility index (Phi) is 1.45. The molecule has 0 bridgehead atoms. The summed E-state index contributed by atoms with van der Waals surface area (Å²) >= 11 is 0. The third-order valence-electron chi connectivity index (χ3n) is 1.78. The Morgan fingerprint density at radius 1 is 1.54 bits per heavy atom. The molecule has 66 valence electrons. The molecule has 0 radical (unpaired) electrons. The highest BCUT2D eigenvalue weighted by atomic mass is 16.4. The number of rotatable bonds is 1. The van der Waals surface area contributed by atoms with Gasteiger partial charge in [0.15, 0.2) is 0 Å². The molecule has 2 N–H and O–H groups in total. The number of hydrogen-bond donors (Lipinski definition) is 2. The third kappa shape index (κ3) is 1.10. The Labute approximate surface area is 72.3 Å². The smallest absolute Gasteiger partial charge is 0.337 e. The van der Waals surface area contributed by atoms with Gasteiger partial charge in [-0.05, 0) is 6.07 Å². The number of fused-ring (bicyclic) bond motifs is 1. The van der Waals surface area contributed by atoms with Crippen LogP contribution in [0.1, 0.15) is 10.4 Å². The van der Waals surface area contributed by atoms with Crippen molar-refractivity contribution in [2.24, 2.45) is 0 Å². The number of aromatic amines is 1. The molecule has 2 rings (SSSR count). The van der Waals surface area contributed by atoms with Crippen LogP contribution in [0.4, 0.5) is 0 Å². The second kappa shape index (κ2) is 2.48. The van der Waals surface area contributed by atoms with E-state index in [4.69, 9.17) is 5.11 Å². The lowest BCUT2D eigenvalue weighted by Crippen LogP contribution is -2.06. The number of aromatic nitrogens is 2. The van der Waals surface area contributed by atoms with Crippen molar-refractivity contribution in [3.63, 3.8) is 0 Å². The molecular weight excluding hydrogens is 172 g/mol. The molecule has 0 atom stereocenters. The first-order chi connectivity index (χ1) is 6.18.